The lowest BCUT2D eigenvalue weighted by atomic mass is 9.92. The quantitative estimate of drug-likeness (QED) is 0.837. The van der Waals surface area contributed by atoms with Gasteiger partial charge in [0, 0.05) is 32.4 Å². The summed E-state index contributed by atoms with van der Waals surface area (Å²) in [5.41, 5.74) is 0.600. The maximum absolute atomic E-state index is 12.7. The van der Waals surface area contributed by atoms with Crippen molar-refractivity contribution in [2.75, 3.05) is 13.1 Å². The summed E-state index contributed by atoms with van der Waals surface area (Å²) >= 11 is 0. The van der Waals surface area contributed by atoms with Crippen LogP contribution >= 0.6 is 0 Å². The van der Waals surface area contributed by atoms with Crippen LogP contribution in [0, 0.1) is 0 Å². The van der Waals surface area contributed by atoms with Crippen LogP contribution in [0.4, 0.5) is 0 Å². The Balaban J connectivity index is 1.47. The molecule has 0 saturated carbocycles. The van der Waals surface area contributed by atoms with Gasteiger partial charge in [0.05, 0.1) is 0 Å². The molecule has 3 atom stereocenters. The Bertz CT molecular complexity index is 698. The van der Waals surface area contributed by atoms with E-state index >= 15 is 0 Å². The van der Waals surface area contributed by atoms with Crippen molar-refractivity contribution >= 4 is 17.7 Å². The highest BCUT2D eigenvalue weighted by Gasteiger charge is 2.49. The molecular formula is C17H22N4O3. The van der Waals surface area contributed by atoms with E-state index in [4.69, 9.17) is 0 Å². The third kappa shape index (κ3) is 2.30. The first-order valence-electron chi connectivity index (χ1n) is 8.59. The lowest BCUT2D eigenvalue weighted by Gasteiger charge is -2.46. The summed E-state index contributed by atoms with van der Waals surface area (Å²) in [6, 6.07) is 2.86. The highest BCUT2D eigenvalue weighted by atomic mass is 16.2. The van der Waals surface area contributed by atoms with E-state index in [1.54, 1.807) is 20.4 Å². The number of nitrogens with zero attached hydrogens (tertiary/aromatic N) is 3. The van der Waals surface area contributed by atoms with Crippen molar-refractivity contribution in [3.05, 3.63) is 24.0 Å². The first-order valence-corrected chi connectivity index (χ1v) is 8.59. The van der Waals surface area contributed by atoms with Gasteiger partial charge < -0.3 is 19.7 Å². The Morgan fingerprint density at radius 2 is 1.88 bits per heavy atom. The molecular weight excluding hydrogens is 308 g/mol. The first kappa shape index (κ1) is 15.2. The average Bonchev–Trinajstić information content (AvgIpc) is 3.21. The fourth-order valence-corrected chi connectivity index (χ4v) is 4.22. The van der Waals surface area contributed by atoms with Crippen molar-refractivity contribution in [3.8, 4) is 0 Å². The van der Waals surface area contributed by atoms with Gasteiger partial charge in [0.2, 0.25) is 11.8 Å². The van der Waals surface area contributed by atoms with Gasteiger partial charge in [-0.3, -0.25) is 14.4 Å². The largest absolute Gasteiger partial charge is 0.348 e. The zero-order chi connectivity index (χ0) is 16.8. The normalized spacial score (nSPS) is 29.5. The number of carbonyl (C=O) groups excluding carboxylic acids is 3. The average molecular weight is 330 g/mol. The number of carbonyl (C=O) groups is 3. The molecule has 1 aromatic rings. The van der Waals surface area contributed by atoms with E-state index < -0.39 is 6.04 Å². The predicted molar refractivity (Wildman–Crippen MR) is 86.1 cm³/mol. The van der Waals surface area contributed by atoms with Crippen molar-refractivity contribution in [2.45, 2.75) is 43.8 Å². The van der Waals surface area contributed by atoms with Gasteiger partial charge in [0.1, 0.15) is 17.8 Å². The van der Waals surface area contributed by atoms with Crippen LogP contribution in [0.15, 0.2) is 18.3 Å². The van der Waals surface area contributed by atoms with Crippen molar-refractivity contribution in [2.24, 2.45) is 7.05 Å². The Morgan fingerprint density at radius 3 is 2.62 bits per heavy atom. The number of hydrogen-bond acceptors (Lipinski definition) is 3. The topological polar surface area (TPSA) is 74.7 Å². The monoisotopic (exact) mass is 330 g/mol. The van der Waals surface area contributed by atoms with Crippen LogP contribution < -0.4 is 5.32 Å². The number of piperazine rings is 1. The molecule has 24 heavy (non-hydrogen) atoms. The van der Waals surface area contributed by atoms with E-state index in [9.17, 15) is 14.4 Å². The van der Waals surface area contributed by atoms with E-state index in [1.807, 2.05) is 19.3 Å². The van der Waals surface area contributed by atoms with Crippen LogP contribution in [0.5, 0.6) is 0 Å². The van der Waals surface area contributed by atoms with Crippen molar-refractivity contribution < 1.29 is 14.4 Å². The molecule has 0 spiro atoms. The minimum Gasteiger partial charge on any atom is -0.348 e. The molecule has 3 saturated heterocycles. The molecule has 7 nitrogen and oxygen atoms in total. The molecule has 0 aromatic carbocycles. The maximum Gasteiger partial charge on any atom is 0.268 e. The lowest BCUT2D eigenvalue weighted by Crippen LogP contribution is -2.66. The second kappa shape index (κ2) is 5.65. The predicted octanol–water partition coefficient (Wildman–Crippen LogP) is 0.119. The van der Waals surface area contributed by atoms with Gasteiger partial charge in [-0.2, -0.15) is 0 Å². The Hall–Kier alpha value is -2.31. The lowest BCUT2D eigenvalue weighted by molar-refractivity contribution is -0.161. The number of fused-ring (bicyclic) bond motifs is 2. The number of amides is 3. The van der Waals surface area contributed by atoms with Crippen LogP contribution in [0.1, 0.15) is 36.2 Å². The Kier molecular flexibility index (Phi) is 3.58. The minimum atomic E-state index is -0.417. The second-order valence-corrected chi connectivity index (χ2v) is 6.94. The molecule has 1 N–H and O–H groups in total. The van der Waals surface area contributed by atoms with Crippen LogP contribution in [0.3, 0.4) is 0 Å². The molecule has 0 aliphatic carbocycles. The third-order valence-corrected chi connectivity index (χ3v) is 5.50. The van der Waals surface area contributed by atoms with Crippen LogP contribution in [0.2, 0.25) is 0 Å². The summed E-state index contributed by atoms with van der Waals surface area (Å²) in [5.74, 6) is 0.00816. The Labute approximate surface area is 140 Å². The molecule has 1 aromatic heterocycles. The zero-order valence-corrected chi connectivity index (χ0v) is 13.8. The number of piperidine rings is 1. The number of rotatable bonds is 2. The number of aromatic nitrogens is 1. The molecule has 0 bridgehead atoms. The van der Waals surface area contributed by atoms with Gasteiger partial charge in [-0.25, -0.2) is 0 Å². The van der Waals surface area contributed by atoms with Crippen LogP contribution in [-0.2, 0) is 16.6 Å². The summed E-state index contributed by atoms with van der Waals surface area (Å²) in [7, 11) is 1.83. The number of aryl methyl sites for hydroxylation is 1. The summed E-state index contributed by atoms with van der Waals surface area (Å²) in [6.45, 7) is 1.22. The fraction of sp³-hybridized carbons (Fsp3) is 0.588. The van der Waals surface area contributed by atoms with Gasteiger partial charge in [-0.1, -0.05) is 0 Å². The van der Waals surface area contributed by atoms with E-state index in [-0.39, 0.29) is 29.8 Å². The fourth-order valence-electron chi connectivity index (χ4n) is 4.22. The molecule has 3 fully saturated rings. The summed E-state index contributed by atoms with van der Waals surface area (Å²) in [6.07, 6.45) is 4.70. The molecule has 3 amide bonds. The van der Waals surface area contributed by atoms with Crippen LogP contribution in [0.25, 0.3) is 0 Å². The maximum atomic E-state index is 12.7. The second-order valence-electron chi connectivity index (χ2n) is 6.94. The zero-order valence-electron chi connectivity index (χ0n) is 13.8. The third-order valence-electron chi connectivity index (χ3n) is 5.50. The summed E-state index contributed by atoms with van der Waals surface area (Å²) < 4.78 is 1.77. The van der Waals surface area contributed by atoms with E-state index in [0.717, 1.165) is 12.8 Å². The van der Waals surface area contributed by atoms with Crippen LogP contribution in [-0.4, -0.2) is 63.3 Å². The first-order chi connectivity index (χ1) is 11.6. The molecule has 4 heterocycles. The van der Waals surface area contributed by atoms with Gasteiger partial charge in [0.25, 0.3) is 5.91 Å². The van der Waals surface area contributed by atoms with Crippen molar-refractivity contribution in [1.29, 1.82) is 0 Å². The molecule has 3 aliphatic heterocycles. The van der Waals surface area contributed by atoms with E-state index in [1.165, 1.54) is 0 Å². The van der Waals surface area contributed by atoms with Gasteiger partial charge in [-0.15, -0.1) is 0 Å². The number of hydrogen-bond donors (Lipinski definition) is 1. The molecule has 0 unspecified atom stereocenters. The summed E-state index contributed by atoms with van der Waals surface area (Å²) in [4.78, 5) is 41.2. The molecule has 128 valence electrons. The SMILES string of the molecule is Cn1cccc1C(=O)N[C@@H]1CCN2C(=O)[C@H]3CCCN3C(=O)[C@@H]2C1. The van der Waals surface area contributed by atoms with E-state index in [2.05, 4.69) is 5.32 Å². The van der Waals surface area contributed by atoms with E-state index in [0.29, 0.717) is 31.6 Å². The Morgan fingerprint density at radius 1 is 1.12 bits per heavy atom. The molecule has 3 aliphatic rings. The molecule has 0 radical (unpaired) electrons. The molecule has 7 heteroatoms. The van der Waals surface area contributed by atoms with Gasteiger partial charge in [0.15, 0.2) is 0 Å². The smallest absolute Gasteiger partial charge is 0.268 e. The molecule has 4 rings (SSSR count). The van der Waals surface area contributed by atoms with Crippen molar-refractivity contribution in [1.82, 2.24) is 19.7 Å². The number of nitrogens with one attached hydrogen (secondary N) is 1. The highest BCUT2D eigenvalue weighted by molar-refractivity contribution is 5.98. The highest BCUT2D eigenvalue weighted by Crippen LogP contribution is 2.31. The van der Waals surface area contributed by atoms with Crippen molar-refractivity contribution in [3.63, 3.8) is 0 Å². The summed E-state index contributed by atoms with van der Waals surface area (Å²) in [5, 5.41) is 3.02. The standard InChI is InChI=1S/C17H22N4O3/c1-19-7-2-4-12(19)15(22)18-11-6-9-21-14(10-11)17(24)20-8-3-5-13(20)16(21)23/h2,4,7,11,13-14H,3,5-6,8-10H2,1H3,(H,18,22)/t11-,13-,14+/m1/s1. The van der Waals surface area contributed by atoms with Gasteiger partial charge >= 0.3 is 0 Å². The minimum absolute atomic E-state index is 0.0508. The van der Waals surface area contributed by atoms with Gasteiger partial charge in [-0.05, 0) is 37.8 Å².